The van der Waals surface area contributed by atoms with Crippen molar-refractivity contribution in [3.8, 4) is 0 Å². The first-order chi connectivity index (χ1) is 13.5. The molecule has 0 amide bonds. The maximum absolute atomic E-state index is 12.2. The molecule has 1 atom stereocenters. The molecule has 1 N–H and O–H groups in total. The molecule has 0 bridgehead atoms. The monoisotopic (exact) mass is 402 g/mol. The molecule has 0 spiro atoms. The Bertz CT molecular complexity index is 823. The quantitative estimate of drug-likeness (QED) is 0.654. The summed E-state index contributed by atoms with van der Waals surface area (Å²) in [6.07, 6.45) is 1.93. The summed E-state index contributed by atoms with van der Waals surface area (Å²) < 4.78 is 33.0. The second-order valence-corrected chi connectivity index (χ2v) is 9.22. The van der Waals surface area contributed by atoms with Crippen molar-refractivity contribution in [1.29, 1.82) is 0 Å². The number of benzene rings is 2. The van der Waals surface area contributed by atoms with Crippen LogP contribution in [0.2, 0.25) is 0 Å². The summed E-state index contributed by atoms with van der Waals surface area (Å²) in [6, 6.07) is 17.9. The Morgan fingerprint density at radius 1 is 1.07 bits per heavy atom. The van der Waals surface area contributed by atoms with E-state index in [1.807, 2.05) is 49.4 Å². The van der Waals surface area contributed by atoms with Crippen LogP contribution in [0.5, 0.6) is 0 Å². The Labute approximate surface area is 168 Å². The highest BCUT2D eigenvalue weighted by atomic mass is 32.2. The van der Waals surface area contributed by atoms with E-state index >= 15 is 0 Å². The number of ether oxygens (including phenoxy) is 1. The summed E-state index contributed by atoms with van der Waals surface area (Å²) in [7, 11) is -3.28. The summed E-state index contributed by atoms with van der Waals surface area (Å²) in [6.45, 7) is 6.01. The van der Waals surface area contributed by atoms with Gasteiger partial charge in [-0.2, -0.15) is 0 Å². The van der Waals surface area contributed by atoms with E-state index < -0.39 is 10.0 Å². The van der Waals surface area contributed by atoms with Crippen LogP contribution in [0, 0.1) is 6.92 Å². The van der Waals surface area contributed by atoms with Crippen molar-refractivity contribution < 1.29 is 13.2 Å². The lowest BCUT2D eigenvalue weighted by atomic mass is 10.1. The van der Waals surface area contributed by atoms with E-state index in [-0.39, 0.29) is 11.9 Å². The lowest BCUT2D eigenvalue weighted by Gasteiger charge is -2.33. The van der Waals surface area contributed by atoms with Gasteiger partial charge in [-0.15, -0.1) is 0 Å². The number of aryl methyl sites for hydroxylation is 1. The summed E-state index contributed by atoms with van der Waals surface area (Å²) in [4.78, 5) is 2.40. The molecule has 1 aliphatic rings. The third-order valence-electron chi connectivity index (χ3n) is 5.02. The van der Waals surface area contributed by atoms with Crippen molar-refractivity contribution >= 4 is 10.0 Å². The molecule has 0 aliphatic carbocycles. The molecule has 1 aliphatic heterocycles. The van der Waals surface area contributed by atoms with Crippen LogP contribution >= 0.6 is 0 Å². The van der Waals surface area contributed by atoms with E-state index in [0.717, 1.165) is 50.2 Å². The van der Waals surface area contributed by atoms with Gasteiger partial charge in [0.2, 0.25) is 10.0 Å². The highest BCUT2D eigenvalue weighted by molar-refractivity contribution is 7.88. The van der Waals surface area contributed by atoms with E-state index in [2.05, 4.69) is 21.8 Å². The molecule has 1 unspecified atom stereocenters. The molecule has 6 heteroatoms. The molecule has 1 saturated heterocycles. The number of morpholine rings is 1. The smallest absolute Gasteiger partial charge is 0.215 e. The van der Waals surface area contributed by atoms with Crippen molar-refractivity contribution in [2.45, 2.75) is 31.6 Å². The Kier molecular flexibility index (Phi) is 7.62. The lowest BCUT2D eigenvalue weighted by Crippen LogP contribution is -2.39. The average Bonchev–Trinajstić information content (AvgIpc) is 2.70. The predicted octanol–water partition coefficient (Wildman–Crippen LogP) is 3.27. The van der Waals surface area contributed by atoms with Crippen LogP contribution in [0.15, 0.2) is 54.6 Å². The zero-order chi connectivity index (χ0) is 19.8. The standard InChI is InChI=1S/C22H30N2O3S/c1-19-9-11-20(12-10-19)18-28(25,26)23-13-5-6-14-24-15-16-27-22(17-24)21-7-3-2-4-8-21/h2-4,7-12,22-23H,5-6,13-18H2,1H3. The minimum atomic E-state index is -3.28. The first-order valence-corrected chi connectivity index (χ1v) is 11.6. The highest BCUT2D eigenvalue weighted by Gasteiger charge is 2.21. The average molecular weight is 403 g/mol. The molecular formula is C22H30N2O3S. The van der Waals surface area contributed by atoms with Gasteiger partial charge in [0.15, 0.2) is 0 Å². The molecular weight excluding hydrogens is 372 g/mol. The van der Waals surface area contributed by atoms with Crippen molar-refractivity contribution in [1.82, 2.24) is 9.62 Å². The fourth-order valence-corrected chi connectivity index (χ4v) is 4.61. The Balaban J connectivity index is 1.35. The van der Waals surface area contributed by atoms with Gasteiger partial charge < -0.3 is 4.74 Å². The van der Waals surface area contributed by atoms with Crippen LogP contribution in [0.3, 0.4) is 0 Å². The summed E-state index contributed by atoms with van der Waals surface area (Å²) in [5, 5.41) is 0. The van der Waals surface area contributed by atoms with Gasteiger partial charge in [0.05, 0.1) is 18.5 Å². The molecule has 152 valence electrons. The molecule has 0 radical (unpaired) electrons. The van der Waals surface area contributed by atoms with E-state index in [9.17, 15) is 8.42 Å². The second-order valence-electron chi connectivity index (χ2n) is 7.42. The van der Waals surface area contributed by atoms with E-state index in [1.54, 1.807) is 0 Å². The van der Waals surface area contributed by atoms with Gasteiger partial charge in [0, 0.05) is 19.6 Å². The molecule has 1 heterocycles. The number of rotatable bonds is 9. The minimum absolute atomic E-state index is 0.0372. The Morgan fingerprint density at radius 3 is 2.57 bits per heavy atom. The number of hydrogen-bond donors (Lipinski definition) is 1. The minimum Gasteiger partial charge on any atom is -0.371 e. The molecule has 28 heavy (non-hydrogen) atoms. The van der Waals surface area contributed by atoms with Crippen LogP contribution in [0.25, 0.3) is 0 Å². The maximum atomic E-state index is 12.2. The van der Waals surface area contributed by atoms with Gasteiger partial charge >= 0.3 is 0 Å². The number of unbranched alkanes of at least 4 members (excludes halogenated alkanes) is 1. The molecule has 2 aromatic rings. The number of nitrogens with zero attached hydrogens (tertiary/aromatic N) is 1. The number of sulfonamides is 1. The van der Waals surface area contributed by atoms with Gasteiger partial charge in [-0.05, 0) is 37.4 Å². The summed E-state index contributed by atoms with van der Waals surface area (Å²) >= 11 is 0. The predicted molar refractivity (Wildman–Crippen MR) is 113 cm³/mol. The van der Waals surface area contributed by atoms with Gasteiger partial charge in [-0.1, -0.05) is 60.2 Å². The van der Waals surface area contributed by atoms with Crippen LogP contribution in [-0.4, -0.2) is 46.1 Å². The zero-order valence-corrected chi connectivity index (χ0v) is 17.3. The zero-order valence-electron chi connectivity index (χ0n) is 16.5. The Hall–Kier alpha value is -1.73. The summed E-state index contributed by atoms with van der Waals surface area (Å²) in [5.74, 6) is 0.0372. The third kappa shape index (κ3) is 6.71. The topological polar surface area (TPSA) is 58.6 Å². The maximum Gasteiger partial charge on any atom is 0.215 e. The van der Waals surface area contributed by atoms with Crippen LogP contribution < -0.4 is 4.72 Å². The molecule has 0 saturated carbocycles. The molecule has 3 rings (SSSR count). The largest absolute Gasteiger partial charge is 0.371 e. The SMILES string of the molecule is Cc1ccc(CS(=O)(=O)NCCCCN2CCOC(c3ccccc3)C2)cc1. The number of hydrogen-bond acceptors (Lipinski definition) is 4. The molecule has 0 aromatic heterocycles. The fraction of sp³-hybridized carbons (Fsp3) is 0.455. The third-order valence-corrected chi connectivity index (χ3v) is 6.38. The van der Waals surface area contributed by atoms with Gasteiger partial charge in [-0.25, -0.2) is 13.1 Å². The van der Waals surface area contributed by atoms with Crippen molar-refractivity contribution in [3.05, 3.63) is 71.3 Å². The van der Waals surface area contributed by atoms with Gasteiger partial charge in [0.1, 0.15) is 0 Å². The van der Waals surface area contributed by atoms with Gasteiger partial charge in [-0.3, -0.25) is 4.90 Å². The van der Waals surface area contributed by atoms with Crippen LogP contribution in [0.1, 0.15) is 35.6 Å². The van der Waals surface area contributed by atoms with Crippen molar-refractivity contribution in [3.63, 3.8) is 0 Å². The van der Waals surface area contributed by atoms with E-state index in [0.29, 0.717) is 6.54 Å². The molecule has 2 aromatic carbocycles. The number of nitrogens with one attached hydrogen (secondary N) is 1. The molecule has 1 fully saturated rings. The Morgan fingerprint density at radius 2 is 1.82 bits per heavy atom. The van der Waals surface area contributed by atoms with Gasteiger partial charge in [0.25, 0.3) is 0 Å². The second kappa shape index (κ2) is 10.2. The lowest BCUT2D eigenvalue weighted by molar-refractivity contribution is -0.0303. The first-order valence-electron chi connectivity index (χ1n) is 9.94. The first kappa shape index (κ1) is 21.0. The van der Waals surface area contributed by atoms with Crippen LogP contribution in [-0.2, 0) is 20.5 Å². The van der Waals surface area contributed by atoms with E-state index in [1.165, 1.54) is 5.56 Å². The fourth-order valence-electron chi connectivity index (χ4n) is 3.42. The highest BCUT2D eigenvalue weighted by Crippen LogP contribution is 2.22. The van der Waals surface area contributed by atoms with Crippen LogP contribution in [0.4, 0.5) is 0 Å². The normalized spacial score (nSPS) is 18.2. The van der Waals surface area contributed by atoms with Crippen molar-refractivity contribution in [2.75, 3.05) is 32.8 Å². The molecule has 5 nitrogen and oxygen atoms in total. The van der Waals surface area contributed by atoms with E-state index in [4.69, 9.17) is 4.74 Å². The van der Waals surface area contributed by atoms with Crippen molar-refractivity contribution in [2.24, 2.45) is 0 Å². The summed E-state index contributed by atoms with van der Waals surface area (Å²) in [5.41, 5.74) is 3.17.